The molecule has 0 aliphatic carbocycles. The molecule has 0 bridgehead atoms. The molecule has 22 heavy (non-hydrogen) atoms. The molecule has 0 spiro atoms. The molecule has 0 fully saturated rings. The maximum atomic E-state index is 11.2. The van der Waals surface area contributed by atoms with E-state index in [1.807, 2.05) is 32.0 Å². The molecule has 1 rings (SSSR count). The normalized spacial score (nSPS) is 12.2. The summed E-state index contributed by atoms with van der Waals surface area (Å²) in [5, 5.41) is 12.2. The number of carboxylic acid groups (broad SMARTS) is 1. The first kappa shape index (κ1) is 18.3. The van der Waals surface area contributed by atoms with E-state index in [-0.39, 0.29) is 5.92 Å². The molecular weight excluding hydrogens is 282 g/mol. The number of carboxylic acids is 1. The molecule has 1 aromatic rings. The number of ether oxygens (including phenoxy) is 2. The Hall–Kier alpha value is -1.75. The summed E-state index contributed by atoms with van der Waals surface area (Å²) in [6.07, 6.45) is 2.08. The van der Waals surface area contributed by atoms with Gasteiger partial charge >= 0.3 is 5.97 Å². The zero-order valence-electron chi connectivity index (χ0n) is 13.9. The van der Waals surface area contributed by atoms with Gasteiger partial charge in [-0.05, 0) is 30.0 Å². The van der Waals surface area contributed by atoms with Crippen LogP contribution in [0.5, 0.6) is 11.5 Å². The number of hydrogen-bond donors (Lipinski definition) is 2. The number of methoxy groups -OCH3 is 1. The predicted molar refractivity (Wildman–Crippen MR) is 86.5 cm³/mol. The van der Waals surface area contributed by atoms with Gasteiger partial charge in [0, 0.05) is 6.54 Å². The fourth-order valence-corrected chi connectivity index (χ4v) is 2.10. The van der Waals surface area contributed by atoms with Gasteiger partial charge in [0.15, 0.2) is 11.5 Å². The highest BCUT2D eigenvalue weighted by Crippen LogP contribution is 2.28. The van der Waals surface area contributed by atoms with Gasteiger partial charge in [0.25, 0.3) is 0 Å². The largest absolute Gasteiger partial charge is 0.493 e. The maximum absolute atomic E-state index is 11.2. The number of rotatable bonds is 10. The monoisotopic (exact) mass is 309 g/mol. The summed E-state index contributed by atoms with van der Waals surface area (Å²) in [7, 11) is 1.60. The van der Waals surface area contributed by atoms with Crippen LogP contribution in [0, 0.1) is 5.92 Å². The standard InChI is InChI=1S/C17H27NO4/c1-5-6-9-22-14-8-7-13(10-15(14)21-4)11-18-16(12(2)3)17(19)20/h7-8,10,12,16,18H,5-6,9,11H2,1-4H3,(H,19,20)/t16-/m0/s1. The van der Waals surface area contributed by atoms with E-state index in [0.29, 0.717) is 18.9 Å². The van der Waals surface area contributed by atoms with E-state index in [1.165, 1.54) is 0 Å². The SMILES string of the molecule is CCCCOc1ccc(CN[C@H](C(=O)O)C(C)C)cc1OC. The molecule has 1 aromatic carbocycles. The van der Waals surface area contributed by atoms with Crippen LogP contribution in [-0.4, -0.2) is 30.8 Å². The first-order valence-corrected chi connectivity index (χ1v) is 7.75. The highest BCUT2D eigenvalue weighted by Gasteiger charge is 2.20. The van der Waals surface area contributed by atoms with E-state index < -0.39 is 12.0 Å². The van der Waals surface area contributed by atoms with Crippen LogP contribution in [-0.2, 0) is 11.3 Å². The van der Waals surface area contributed by atoms with Gasteiger partial charge in [-0.15, -0.1) is 0 Å². The molecule has 0 aliphatic heterocycles. The minimum absolute atomic E-state index is 0.0241. The second-order valence-electron chi connectivity index (χ2n) is 5.63. The van der Waals surface area contributed by atoms with Gasteiger partial charge in [-0.1, -0.05) is 33.3 Å². The highest BCUT2D eigenvalue weighted by molar-refractivity contribution is 5.73. The third-order valence-corrected chi connectivity index (χ3v) is 3.44. The molecule has 5 nitrogen and oxygen atoms in total. The van der Waals surface area contributed by atoms with Crippen molar-refractivity contribution in [3.8, 4) is 11.5 Å². The lowest BCUT2D eigenvalue weighted by atomic mass is 10.0. The Morgan fingerprint density at radius 2 is 2.05 bits per heavy atom. The third kappa shape index (κ3) is 5.56. The van der Waals surface area contributed by atoms with Crippen LogP contribution in [0.1, 0.15) is 39.2 Å². The quantitative estimate of drug-likeness (QED) is 0.650. The summed E-state index contributed by atoms with van der Waals surface area (Å²) < 4.78 is 11.0. The predicted octanol–water partition coefficient (Wildman–Crippen LogP) is 3.07. The number of benzene rings is 1. The molecule has 0 saturated heterocycles. The number of aliphatic carboxylic acids is 1. The summed E-state index contributed by atoms with van der Waals surface area (Å²) in [6, 6.07) is 5.12. The van der Waals surface area contributed by atoms with Crippen molar-refractivity contribution in [3.05, 3.63) is 23.8 Å². The average molecular weight is 309 g/mol. The summed E-state index contributed by atoms with van der Waals surface area (Å²) in [5.41, 5.74) is 0.964. The van der Waals surface area contributed by atoms with Gasteiger partial charge < -0.3 is 19.9 Å². The van der Waals surface area contributed by atoms with Gasteiger partial charge in [0.05, 0.1) is 13.7 Å². The minimum atomic E-state index is -0.832. The number of unbranched alkanes of at least 4 members (excludes halogenated alkanes) is 1. The van der Waals surface area contributed by atoms with Gasteiger partial charge in [0.2, 0.25) is 0 Å². The van der Waals surface area contributed by atoms with Crippen molar-refractivity contribution in [1.82, 2.24) is 5.32 Å². The van der Waals surface area contributed by atoms with Crippen molar-refractivity contribution in [2.45, 2.75) is 46.2 Å². The van der Waals surface area contributed by atoms with E-state index in [0.717, 1.165) is 24.2 Å². The third-order valence-electron chi connectivity index (χ3n) is 3.44. The van der Waals surface area contributed by atoms with E-state index in [1.54, 1.807) is 7.11 Å². The Balaban J connectivity index is 2.70. The van der Waals surface area contributed by atoms with E-state index in [4.69, 9.17) is 9.47 Å². The van der Waals surface area contributed by atoms with E-state index in [2.05, 4.69) is 12.2 Å². The number of nitrogens with one attached hydrogen (secondary N) is 1. The Morgan fingerprint density at radius 1 is 1.32 bits per heavy atom. The van der Waals surface area contributed by atoms with Gasteiger partial charge in [-0.3, -0.25) is 4.79 Å². The van der Waals surface area contributed by atoms with Crippen molar-refractivity contribution in [2.75, 3.05) is 13.7 Å². The van der Waals surface area contributed by atoms with Crippen LogP contribution >= 0.6 is 0 Å². The Kier molecular flexibility index (Phi) is 7.74. The first-order valence-electron chi connectivity index (χ1n) is 7.75. The van der Waals surface area contributed by atoms with E-state index >= 15 is 0 Å². The first-order chi connectivity index (χ1) is 10.5. The topological polar surface area (TPSA) is 67.8 Å². The molecule has 0 saturated carbocycles. The van der Waals surface area contributed by atoms with Crippen molar-refractivity contribution >= 4 is 5.97 Å². The van der Waals surface area contributed by atoms with Crippen molar-refractivity contribution in [1.29, 1.82) is 0 Å². The van der Waals surface area contributed by atoms with E-state index in [9.17, 15) is 9.90 Å². The molecule has 0 unspecified atom stereocenters. The summed E-state index contributed by atoms with van der Waals surface area (Å²) in [6.45, 7) is 7.02. The highest BCUT2D eigenvalue weighted by atomic mass is 16.5. The molecule has 0 aromatic heterocycles. The molecule has 124 valence electrons. The van der Waals surface area contributed by atoms with Crippen LogP contribution in [0.3, 0.4) is 0 Å². The number of carbonyl (C=O) groups is 1. The van der Waals surface area contributed by atoms with Crippen LogP contribution < -0.4 is 14.8 Å². The summed E-state index contributed by atoms with van der Waals surface area (Å²) in [5.74, 6) is 0.586. The maximum Gasteiger partial charge on any atom is 0.320 e. The van der Waals surface area contributed by atoms with Crippen molar-refractivity contribution in [2.24, 2.45) is 5.92 Å². The summed E-state index contributed by atoms with van der Waals surface area (Å²) >= 11 is 0. The van der Waals surface area contributed by atoms with Crippen LogP contribution in [0.15, 0.2) is 18.2 Å². The molecule has 0 heterocycles. The van der Waals surface area contributed by atoms with Gasteiger partial charge in [-0.25, -0.2) is 0 Å². The van der Waals surface area contributed by atoms with Gasteiger partial charge in [0.1, 0.15) is 6.04 Å². The van der Waals surface area contributed by atoms with Crippen LogP contribution in [0.2, 0.25) is 0 Å². The zero-order chi connectivity index (χ0) is 16.5. The Bertz CT molecular complexity index is 474. The molecule has 0 amide bonds. The lowest BCUT2D eigenvalue weighted by Gasteiger charge is -2.18. The van der Waals surface area contributed by atoms with Crippen molar-refractivity contribution < 1.29 is 19.4 Å². The molecule has 0 aliphatic rings. The van der Waals surface area contributed by atoms with Crippen LogP contribution in [0.25, 0.3) is 0 Å². The fourth-order valence-electron chi connectivity index (χ4n) is 2.10. The molecule has 1 atom stereocenters. The Labute approximate surface area is 132 Å². The van der Waals surface area contributed by atoms with Gasteiger partial charge in [-0.2, -0.15) is 0 Å². The lowest BCUT2D eigenvalue weighted by molar-refractivity contribution is -0.140. The second kappa shape index (κ2) is 9.30. The Morgan fingerprint density at radius 3 is 2.59 bits per heavy atom. The minimum Gasteiger partial charge on any atom is -0.493 e. The molecule has 0 radical (unpaired) electrons. The fraction of sp³-hybridized carbons (Fsp3) is 0.588. The second-order valence-corrected chi connectivity index (χ2v) is 5.63. The zero-order valence-corrected chi connectivity index (χ0v) is 13.9. The van der Waals surface area contributed by atoms with Crippen molar-refractivity contribution in [3.63, 3.8) is 0 Å². The molecule has 5 heteroatoms. The lowest BCUT2D eigenvalue weighted by Crippen LogP contribution is -2.40. The van der Waals surface area contributed by atoms with Crippen LogP contribution in [0.4, 0.5) is 0 Å². The average Bonchev–Trinajstić information content (AvgIpc) is 2.48. The summed E-state index contributed by atoms with van der Waals surface area (Å²) in [4.78, 5) is 11.2. The molecular formula is C17H27NO4. The smallest absolute Gasteiger partial charge is 0.320 e. The molecule has 2 N–H and O–H groups in total. The number of hydrogen-bond acceptors (Lipinski definition) is 4.